The maximum Gasteiger partial charge on any atom is 0.410 e. The topological polar surface area (TPSA) is 149 Å². The number of oxime groups is 1. The van der Waals surface area contributed by atoms with Gasteiger partial charge in [-0.1, -0.05) is 66.6 Å². The lowest BCUT2D eigenvalue weighted by molar-refractivity contribution is -0.256. The zero-order chi connectivity index (χ0) is 44.1. The van der Waals surface area contributed by atoms with Gasteiger partial charge in [0.25, 0.3) is 0 Å². The van der Waals surface area contributed by atoms with E-state index in [1.165, 1.54) is 0 Å². The minimum atomic E-state index is -1.47. The van der Waals surface area contributed by atoms with Crippen molar-refractivity contribution in [3.8, 4) is 17.2 Å². The van der Waals surface area contributed by atoms with E-state index >= 15 is 0 Å². The van der Waals surface area contributed by atoms with Crippen LogP contribution in [0.4, 0.5) is 4.79 Å². The molecule has 12 heteroatoms. The molecule has 12 nitrogen and oxygen atoms in total. The van der Waals surface area contributed by atoms with E-state index in [0.717, 1.165) is 47.6 Å². The molecule has 1 fully saturated rings. The van der Waals surface area contributed by atoms with E-state index in [1.54, 1.807) is 17.1 Å². The summed E-state index contributed by atoms with van der Waals surface area (Å²) in [6.07, 6.45) is 10.3. The van der Waals surface area contributed by atoms with E-state index in [1.807, 2.05) is 57.2 Å². The van der Waals surface area contributed by atoms with Gasteiger partial charge < -0.3 is 43.8 Å². The number of allylic oxidation sites excluding steroid dienone is 1. The van der Waals surface area contributed by atoms with Gasteiger partial charge in [0.2, 0.25) is 5.79 Å². The monoisotopic (exact) mass is 854 g/mol. The molecular weight excluding hydrogens is 789 g/mol. The molecule has 0 spiro atoms. The number of hydrogen-bond donors (Lipinski definition) is 3. The van der Waals surface area contributed by atoms with Crippen molar-refractivity contribution in [3.63, 3.8) is 0 Å². The third-order valence-electron chi connectivity index (χ3n) is 11.9. The van der Waals surface area contributed by atoms with Crippen molar-refractivity contribution in [2.45, 2.75) is 95.5 Å². The summed E-state index contributed by atoms with van der Waals surface area (Å²) in [5.74, 6) is -0.174. The Bertz CT molecular complexity index is 2030. The van der Waals surface area contributed by atoms with Crippen LogP contribution in [-0.2, 0) is 19.0 Å². The molecule has 3 aromatic carbocycles. The maximum atomic E-state index is 14.4. The first-order valence-corrected chi connectivity index (χ1v) is 22.2. The Morgan fingerprint density at radius 2 is 1.65 bits per heavy atom. The van der Waals surface area contributed by atoms with E-state index in [2.05, 4.69) is 43.5 Å². The molecule has 1 aliphatic heterocycles. The second-order valence-electron chi connectivity index (χ2n) is 17.3. The molecule has 0 aromatic heterocycles. The summed E-state index contributed by atoms with van der Waals surface area (Å²) in [4.78, 5) is 22.3. The Hall–Kier alpha value is -4.72. The molecular formula is C50H66N2O10. The van der Waals surface area contributed by atoms with Gasteiger partial charge in [-0.3, -0.25) is 4.90 Å². The lowest BCUT2D eigenvalue weighted by Gasteiger charge is -2.59. The van der Waals surface area contributed by atoms with Crippen molar-refractivity contribution in [2.24, 2.45) is 22.9 Å². The fraction of sp³-hybridized carbons (Fsp3) is 0.520. The molecule has 3 aromatic rings. The van der Waals surface area contributed by atoms with Crippen LogP contribution in [0.3, 0.4) is 0 Å². The highest BCUT2D eigenvalue weighted by molar-refractivity contribution is 6.03. The number of amides is 1. The molecule has 3 N–H and O–H groups in total. The van der Waals surface area contributed by atoms with E-state index in [0.29, 0.717) is 42.2 Å². The fourth-order valence-electron chi connectivity index (χ4n) is 9.29. The molecule has 6 atom stereocenters. The molecule has 2 aliphatic carbocycles. The summed E-state index contributed by atoms with van der Waals surface area (Å²) in [6, 6.07) is 19.3. The number of nitrogens with zero attached hydrogens (tertiary/aromatic N) is 2. The first kappa shape index (κ1) is 46.8. The Kier molecular flexibility index (Phi) is 16.6. The van der Waals surface area contributed by atoms with Gasteiger partial charge in [-0.05, 0) is 111 Å². The first-order chi connectivity index (χ1) is 30.1. The summed E-state index contributed by atoms with van der Waals surface area (Å²) in [6.45, 7) is 14.3. The van der Waals surface area contributed by atoms with Gasteiger partial charge in [-0.15, -0.1) is 13.2 Å². The van der Waals surface area contributed by atoms with Crippen LogP contribution in [0, 0.1) is 17.8 Å². The number of aliphatic hydroxyl groups excluding tert-OH is 3. The van der Waals surface area contributed by atoms with Crippen molar-refractivity contribution < 1.29 is 48.6 Å². The quantitative estimate of drug-likeness (QED) is 0.0479. The molecule has 0 bridgehead atoms. The highest BCUT2D eigenvalue weighted by Gasteiger charge is 2.65. The molecule has 6 unspecified atom stereocenters. The standard InChI is InChI=1S/C50H66N2O10/c1-6-8-28-58-48(56)52(23-29-57-30-26-55)45-34-43(51-62-49(3,4)5)41-32-37(17-11-13-24-53)40(18-12-14-25-54)46-42-33-39(60-38-20-19-35-15-9-10-16-36(35)31-38)21-22-44(42)61-50(45,47(41)46)59-27-7-2/h6-7,9-10,15-16,19-22,31-33,37,40,45-47,53-55H,1-2,8,11-14,17-18,23-30,34H2,3-5H3. The molecule has 336 valence electrons. The van der Waals surface area contributed by atoms with E-state index < -0.39 is 29.4 Å². The maximum absolute atomic E-state index is 14.4. The van der Waals surface area contributed by atoms with Crippen LogP contribution in [0.2, 0.25) is 0 Å². The second kappa shape index (κ2) is 22.1. The minimum Gasteiger partial charge on any atom is -0.459 e. The van der Waals surface area contributed by atoms with Crippen molar-refractivity contribution in [2.75, 3.05) is 52.8 Å². The van der Waals surface area contributed by atoms with Gasteiger partial charge in [0.15, 0.2) is 0 Å². The van der Waals surface area contributed by atoms with Gasteiger partial charge in [0, 0.05) is 37.7 Å². The molecule has 3 aliphatic rings. The van der Waals surface area contributed by atoms with Gasteiger partial charge in [-0.25, -0.2) is 4.79 Å². The van der Waals surface area contributed by atoms with Crippen molar-refractivity contribution in [1.82, 2.24) is 4.90 Å². The summed E-state index contributed by atoms with van der Waals surface area (Å²) >= 11 is 0. The van der Waals surface area contributed by atoms with E-state index in [-0.39, 0.29) is 77.0 Å². The van der Waals surface area contributed by atoms with Crippen LogP contribution < -0.4 is 9.47 Å². The average Bonchev–Trinajstić information content (AvgIpc) is 3.26. The van der Waals surface area contributed by atoms with Crippen LogP contribution >= 0.6 is 0 Å². The van der Waals surface area contributed by atoms with Crippen molar-refractivity contribution in [3.05, 3.63) is 103 Å². The average molecular weight is 855 g/mol. The highest BCUT2D eigenvalue weighted by Crippen LogP contribution is 2.62. The number of carbonyl (C=O) groups is 1. The van der Waals surface area contributed by atoms with Crippen LogP contribution in [0.25, 0.3) is 10.8 Å². The first-order valence-electron chi connectivity index (χ1n) is 22.2. The molecule has 1 amide bonds. The van der Waals surface area contributed by atoms with Crippen LogP contribution in [-0.4, -0.2) is 102 Å². The SMILES string of the molecule is C=CCCOC(=O)N(CCOCCO)C1CC(=NOC(C)(C)C)C2=CC(CCCCO)C(CCCCO)C3c4cc(Oc5ccc6ccccc6c5)ccc4OC1(OCC=C)C23. The number of rotatable bonds is 23. The van der Waals surface area contributed by atoms with Crippen LogP contribution in [0.1, 0.15) is 83.6 Å². The number of benzene rings is 3. The fourth-order valence-corrected chi connectivity index (χ4v) is 9.29. The molecule has 0 saturated heterocycles. The minimum absolute atomic E-state index is 0.0312. The zero-order valence-electron chi connectivity index (χ0n) is 36.7. The summed E-state index contributed by atoms with van der Waals surface area (Å²) in [7, 11) is 0. The molecule has 0 radical (unpaired) electrons. The molecule has 1 saturated carbocycles. The predicted molar refractivity (Wildman–Crippen MR) is 241 cm³/mol. The predicted octanol–water partition coefficient (Wildman–Crippen LogP) is 9.09. The van der Waals surface area contributed by atoms with Crippen LogP contribution in [0.15, 0.2) is 103 Å². The number of ether oxygens (including phenoxy) is 5. The van der Waals surface area contributed by atoms with Gasteiger partial charge >= 0.3 is 6.09 Å². The van der Waals surface area contributed by atoms with Gasteiger partial charge in [0.05, 0.1) is 44.7 Å². The third kappa shape index (κ3) is 11.1. The Morgan fingerprint density at radius 1 is 0.903 bits per heavy atom. The third-order valence-corrected chi connectivity index (χ3v) is 11.9. The van der Waals surface area contributed by atoms with Gasteiger partial charge in [0.1, 0.15) is 28.9 Å². The Morgan fingerprint density at radius 3 is 2.37 bits per heavy atom. The number of hydrogen-bond acceptors (Lipinski definition) is 11. The smallest absolute Gasteiger partial charge is 0.410 e. The summed E-state index contributed by atoms with van der Waals surface area (Å²) in [5.41, 5.74) is 1.93. The van der Waals surface area contributed by atoms with Crippen LogP contribution in [0.5, 0.6) is 17.2 Å². The number of fused-ring (bicyclic) bond motifs is 3. The largest absolute Gasteiger partial charge is 0.459 e. The Labute approximate surface area is 366 Å². The van der Waals surface area contributed by atoms with Crippen molar-refractivity contribution in [1.29, 1.82) is 0 Å². The summed E-state index contributed by atoms with van der Waals surface area (Å²) in [5, 5.41) is 36.5. The number of aliphatic hydroxyl groups is 3. The summed E-state index contributed by atoms with van der Waals surface area (Å²) < 4.78 is 32.7. The highest BCUT2D eigenvalue weighted by atomic mass is 16.7. The lowest BCUT2D eigenvalue weighted by atomic mass is 9.55. The van der Waals surface area contributed by atoms with Crippen molar-refractivity contribution >= 4 is 22.6 Å². The number of unbranched alkanes of at least 4 members (excludes halogenated alkanes) is 2. The molecule has 1 heterocycles. The Balaban J connectivity index is 1.58. The molecule has 6 rings (SSSR count). The lowest BCUT2D eigenvalue weighted by Crippen LogP contribution is -2.70. The normalized spacial score (nSPS) is 23.4. The number of carbonyl (C=O) groups excluding carboxylic acids is 1. The van der Waals surface area contributed by atoms with Gasteiger partial charge in [-0.2, -0.15) is 0 Å². The zero-order valence-corrected chi connectivity index (χ0v) is 36.7. The second-order valence-corrected chi connectivity index (χ2v) is 17.3. The molecule has 62 heavy (non-hydrogen) atoms. The van der Waals surface area contributed by atoms with E-state index in [4.69, 9.17) is 33.7 Å². The van der Waals surface area contributed by atoms with E-state index in [9.17, 15) is 20.1 Å².